The number of nitrogens with zero attached hydrogens (tertiary/aromatic N) is 2. The molecule has 45 heavy (non-hydrogen) atoms. The van der Waals surface area contributed by atoms with Crippen LogP contribution in [0.25, 0.3) is 0 Å². The molecule has 0 spiro atoms. The van der Waals surface area contributed by atoms with Crippen LogP contribution in [0.1, 0.15) is 38.7 Å². The molecule has 232 valence electrons. The summed E-state index contributed by atoms with van der Waals surface area (Å²) in [6.45, 7) is 2.01. The van der Waals surface area contributed by atoms with Crippen molar-refractivity contribution in [1.29, 1.82) is 0 Å². The monoisotopic (exact) mass is 628 g/mol. The summed E-state index contributed by atoms with van der Waals surface area (Å²) in [6.07, 6.45) is 0.986. The fraction of sp³-hybridized carbons (Fsp3) is 0.265. The number of anilines is 3. The van der Waals surface area contributed by atoms with Crippen LogP contribution in [-0.2, 0) is 6.54 Å². The van der Waals surface area contributed by atoms with E-state index in [1.54, 1.807) is 61.7 Å². The van der Waals surface area contributed by atoms with Gasteiger partial charge in [0.1, 0.15) is 17.2 Å². The lowest BCUT2D eigenvalue weighted by Gasteiger charge is -2.44. The smallest absolute Gasteiger partial charge is 0.255 e. The standard InChI is InChI=1S/C34H33ClN4O6/c1-43-24-10-7-21(8-11-24)33(41)36-26-14-22(34(42)37-27-15-25(35)30(44-2)16-31(27)45-3)9-12-29(26)38-17-20-13-23(19-38)28-5-4-6-32(40)39(28)18-20/h4-12,14-16,20,23H,13,17-19H2,1-3H3,(H,36,41)(H,37,42)/t20-,23+/m1/s1. The van der Waals surface area contributed by atoms with Crippen molar-refractivity contribution >= 4 is 40.5 Å². The SMILES string of the molecule is COc1ccc(C(=O)Nc2cc(C(=O)Nc3cc(Cl)c(OC)cc3OC)ccc2N2C[C@H]3C[C@@H](C2)c2cccc(=O)n2C3)cc1. The summed E-state index contributed by atoms with van der Waals surface area (Å²) >= 11 is 6.32. The Bertz CT molecular complexity index is 1820. The van der Waals surface area contributed by atoms with Gasteiger partial charge in [-0.3, -0.25) is 14.4 Å². The molecule has 1 saturated heterocycles. The van der Waals surface area contributed by atoms with Crippen molar-refractivity contribution in [1.82, 2.24) is 4.57 Å². The Morgan fingerprint density at radius 3 is 2.22 bits per heavy atom. The van der Waals surface area contributed by atoms with Crippen LogP contribution >= 0.6 is 11.6 Å². The first kappa shape index (κ1) is 30.1. The molecular formula is C34H33ClN4O6. The van der Waals surface area contributed by atoms with E-state index in [9.17, 15) is 14.4 Å². The van der Waals surface area contributed by atoms with Crippen molar-refractivity contribution < 1.29 is 23.8 Å². The maximum absolute atomic E-state index is 13.5. The summed E-state index contributed by atoms with van der Waals surface area (Å²) < 4.78 is 17.8. The summed E-state index contributed by atoms with van der Waals surface area (Å²) in [5, 5.41) is 6.22. The molecule has 2 bridgehead atoms. The molecule has 2 aliphatic heterocycles. The maximum Gasteiger partial charge on any atom is 0.255 e. The highest BCUT2D eigenvalue weighted by atomic mass is 35.5. The summed E-state index contributed by atoms with van der Waals surface area (Å²) in [6, 6.07) is 20.7. The van der Waals surface area contributed by atoms with Gasteiger partial charge in [-0.05, 0) is 66.9 Å². The predicted octanol–water partition coefficient (Wildman–Crippen LogP) is 5.66. The number of aromatic nitrogens is 1. The van der Waals surface area contributed by atoms with E-state index in [0.717, 1.165) is 17.8 Å². The molecule has 3 heterocycles. The lowest BCUT2D eigenvalue weighted by atomic mass is 9.83. The van der Waals surface area contributed by atoms with Crippen LogP contribution in [0.3, 0.4) is 0 Å². The summed E-state index contributed by atoms with van der Waals surface area (Å²) in [5.74, 6) is 1.12. The van der Waals surface area contributed by atoms with Crippen LogP contribution in [0.4, 0.5) is 17.1 Å². The number of rotatable bonds is 8. The average molecular weight is 629 g/mol. The van der Waals surface area contributed by atoms with Gasteiger partial charge < -0.3 is 34.3 Å². The Morgan fingerprint density at radius 2 is 1.49 bits per heavy atom. The predicted molar refractivity (Wildman–Crippen MR) is 174 cm³/mol. The summed E-state index contributed by atoms with van der Waals surface area (Å²) in [7, 11) is 4.55. The van der Waals surface area contributed by atoms with Gasteiger partial charge in [-0.2, -0.15) is 0 Å². The van der Waals surface area contributed by atoms with Crippen molar-refractivity contribution in [2.75, 3.05) is 50.0 Å². The van der Waals surface area contributed by atoms with E-state index < -0.39 is 5.91 Å². The Labute approximate surface area is 265 Å². The molecule has 2 atom stereocenters. The van der Waals surface area contributed by atoms with Gasteiger partial charge in [-0.25, -0.2) is 0 Å². The second-order valence-corrected chi connectivity index (χ2v) is 11.6. The Hall–Kier alpha value is -4.96. The third-order valence-corrected chi connectivity index (χ3v) is 8.70. The molecule has 0 aliphatic carbocycles. The van der Waals surface area contributed by atoms with E-state index in [0.29, 0.717) is 64.4 Å². The van der Waals surface area contributed by atoms with Crippen molar-refractivity contribution in [2.45, 2.75) is 18.9 Å². The fourth-order valence-corrected chi connectivity index (χ4v) is 6.48. The molecule has 11 heteroatoms. The first-order valence-electron chi connectivity index (χ1n) is 14.5. The molecule has 0 saturated carbocycles. The Balaban J connectivity index is 1.33. The molecule has 2 amide bonds. The molecule has 0 radical (unpaired) electrons. The number of hydrogen-bond acceptors (Lipinski definition) is 7. The highest BCUT2D eigenvalue weighted by molar-refractivity contribution is 6.32. The number of fused-ring (bicyclic) bond motifs is 4. The quantitative estimate of drug-likeness (QED) is 0.259. The number of pyridine rings is 1. The van der Waals surface area contributed by atoms with Gasteiger partial charge in [-0.15, -0.1) is 0 Å². The number of hydrogen-bond donors (Lipinski definition) is 2. The van der Waals surface area contributed by atoms with Gasteiger partial charge >= 0.3 is 0 Å². The minimum absolute atomic E-state index is 0.0215. The molecule has 1 aromatic heterocycles. The fourth-order valence-electron chi connectivity index (χ4n) is 6.24. The topological polar surface area (TPSA) is 111 Å². The third kappa shape index (κ3) is 6.06. The van der Waals surface area contributed by atoms with Gasteiger partial charge in [0.15, 0.2) is 0 Å². The maximum atomic E-state index is 13.5. The number of nitrogens with one attached hydrogen (secondary N) is 2. The number of halogens is 1. The number of carbonyl (C=O) groups excluding carboxylic acids is 2. The molecule has 2 aliphatic rings. The van der Waals surface area contributed by atoms with Crippen molar-refractivity contribution in [3.63, 3.8) is 0 Å². The number of amides is 2. The zero-order valence-corrected chi connectivity index (χ0v) is 25.9. The summed E-state index contributed by atoms with van der Waals surface area (Å²) in [4.78, 5) is 41.8. The van der Waals surface area contributed by atoms with Gasteiger partial charge in [0.2, 0.25) is 0 Å². The lowest BCUT2D eigenvalue weighted by molar-refractivity contribution is 0.101. The van der Waals surface area contributed by atoms with Crippen LogP contribution in [-0.4, -0.2) is 50.8 Å². The first-order valence-corrected chi connectivity index (χ1v) is 14.9. The number of ether oxygens (including phenoxy) is 3. The van der Waals surface area contributed by atoms with Crippen molar-refractivity contribution in [2.24, 2.45) is 5.92 Å². The first-order chi connectivity index (χ1) is 21.8. The molecule has 1 fully saturated rings. The van der Waals surface area contributed by atoms with Gasteiger partial charge in [0, 0.05) is 54.5 Å². The van der Waals surface area contributed by atoms with Crippen LogP contribution in [0.5, 0.6) is 17.2 Å². The molecule has 3 aromatic carbocycles. The van der Waals surface area contributed by atoms with E-state index >= 15 is 0 Å². The van der Waals surface area contributed by atoms with Gasteiger partial charge in [-0.1, -0.05) is 17.7 Å². The minimum atomic E-state index is -0.412. The molecular weight excluding hydrogens is 596 g/mol. The van der Waals surface area contributed by atoms with Gasteiger partial charge in [0.25, 0.3) is 17.4 Å². The second-order valence-electron chi connectivity index (χ2n) is 11.2. The number of benzene rings is 3. The molecule has 2 N–H and O–H groups in total. The van der Waals surface area contributed by atoms with Crippen molar-refractivity contribution in [3.05, 3.63) is 105 Å². The molecule has 6 rings (SSSR count). The number of methoxy groups -OCH3 is 3. The Kier molecular flexibility index (Phi) is 8.40. The zero-order chi connectivity index (χ0) is 31.7. The van der Waals surface area contributed by atoms with E-state index in [1.807, 2.05) is 22.8 Å². The summed E-state index contributed by atoms with van der Waals surface area (Å²) in [5.41, 5.74) is 3.47. The molecule has 0 unspecified atom stereocenters. The second kappa shape index (κ2) is 12.6. The van der Waals surface area contributed by atoms with Crippen LogP contribution in [0.15, 0.2) is 77.6 Å². The largest absolute Gasteiger partial charge is 0.497 e. The van der Waals surface area contributed by atoms with Crippen molar-refractivity contribution in [3.8, 4) is 17.2 Å². The lowest BCUT2D eigenvalue weighted by Crippen LogP contribution is -2.47. The zero-order valence-electron chi connectivity index (χ0n) is 25.1. The number of piperidine rings is 1. The highest BCUT2D eigenvalue weighted by Gasteiger charge is 2.35. The minimum Gasteiger partial charge on any atom is -0.497 e. The van der Waals surface area contributed by atoms with E-state index in [2.05, 4.69) is 15.5 Å². The Morgan fingerprint density at radius 1 is 0.778 bits per heavy atom. The van der Waals surface area contributed by atoms with E-state index in [4.69, 9.17) is 25.8 Å². The molecule has 4 aromatic rings. The van der Waals surface area contributed by atoms with E-state index in [-0.39, 0.29) is 23.3 Å². The normalized spacial score (nSPS) is 16.8. The molecule has 10 nitrogen and oxygen atoms in total. The average Bonchev–Trinajstić information content (AvgIpc) is 3.05. The third-order valence-electron chi connectivity index (χ3n) is 8.40. The van der Waals surface area contributed by atoms with Crippen LogP contribution in [0, 0.1) is 5.92 Å². The number of carbonyl (C=O) groups is 2. The van der Waals surface area contributed by atoms with Crippen LogP contribution < -0.4 is 35.3 Å². The van der Waals surface area contributed by atoms with Gasteiger partial charge in [0.05, 0.1) is 43.4 Å². The van der Waals surface area contributed by atoms with Crippen LogP contribution in [0.2, 0.25) is 5.02 Å². The highest BCUT2D eigenvalue weighted by Crippen LogP contribution is 2.40. The van der Waals surface area contributed by atoms with E-state index in [1.165, 1.54) is 14.2 Å².